The van der Waals surface area contributed by atoms with E-state index in [1.54, 1.807) is 6.07 Å². The van der Waals surface area contributed by atoms with Gasteiger partial charge in [0.2, 0.25) is 5.91 Å². The Kier molecular flexibility index (Phi) is 8.34. The Balaban J connectivity index is 1.78. The number of aromatic nitrogens is 1. The Morgan fingerprint density at radius 1 is 1.12 bits per heavy atom. The minimum absolute atomic E-state index is 0.0269. The average Bonchev–Trinajstić information content (AvgIpc) is 2.80. The summed E-state index contributed by atoms with van der Waals surface area (Å²) >= 11 is 0. The van der Waals surface area contributed by atoms with E-state index in [1.165, 1.54) is 20.0 Å². The van der Waals surface area contributed by atoms with Crippen LogP contribution in [0.4, 0.5) is 4.39 Å². The predicted molar refractivity (Wildman–Crippen MR) is 131 cm³/mol. The van der Waals surface area contributed by atoms with Gasteiger partial charge in [0.15, 0.2) is 0 Å². The number of benzene rings is 2. The number of halogens is 1. The van der Waals surface area contributed by atoms with E-state index in [-0.39, 0.29) is 25.2 Å². The first-order chi connectivity index (χ1) is 16.1. The number of carbonyl (C=O) groups excluding carboxylic acids is 2. The number of pyridine rings is 1. The van der Waals surface area contributed by atoms with Gasteiger partial charge in [0, 0.05) is 17.5 Å². The van der Waals surface area contributed by atoms with Crippen molar-refractivity contribution in [3.63, 3.8) is 0 Å². The van der Waals surface area contributed by atoms with Crippen molar-refractivity contribution in [1.29, 1.82) is 0 Å². The highest BCUT2D eigenvalue weighted by Crippen LogP contribution is 2.24. The van der Waals surface area contributed by atoms with Crippen LogP contribution in [0, 0.1) is 5.92 Å². The minimum Gasteiger partial charge on any atom is -0.391 e. The van der Waals surface area contributed by atoms with Gasteiger partial charge in [0.25, 0.3) is 5.91 Å². The molecule has 0 spiro atoms. The van der Waals surface area contributed by atoms with Crippen molar-refractivity contribution >= 4 is 22.7 Å². The largest absolute Gasteiger partial charge is 0.391 e. The monoisotopic (exact) mass is 465 g/mol. The molecule has 0 saturated carbocycles. The van der Waals surface area contributed by atoms with Gasteiger partial charge in [-0.05, 0) is 57.2 Å². The van der Waals surface area contributed by atoms with E-state index in [9.17, 15) is 19.1 Å². The first-order valence-corrected chi connectivity index (χ1v) is 11.5. The molecular formula is C27H32FN3O3. The fraction of sp³-hybridized carbons (Fsp3) is 0.370. The first kappa shape index (κ1) is 25.3. The maximum Gasteiger partial charge on any atom is 0.253 e. The molecule has 0 aliphatic carbocycles. The van der Waals surface area contributed by atoms with Crippen molar-refractivity contribution < 1.29 is 19.1 Å². The molecule has 0 fully saturated rings. The number of nitrogens with two attached hydrogens (primary N) is 1. The molecule has 3 atom stereocenters. The molecule has 0 radical (unpaired) electrons. The number of fused-ring (bicyclic) bond motifs is 1. The number of hydrogen-bond donors (Lipinski definition) is 3. The standard InChI is InChI=1S/C27H32FN3O3/c1-27(2,28)13-12-20(25(29)33)16-24(32)23(14-18-8-4-3-5-9-18)31-26(34)21-15-19-10-6-7-11-22(19)30-17-21/h3-11,15,17,20,23-24,32H,12-14,16H2,1-2H3,(H2,29,33)(H,31,34)/t20-,23+,24+/m1/s1. The van der Waals surface area contributed by atoms with Crippen molar-refractivity contribution in [1.82, 2.24) is 10.3 Å². The number of aliphatic hydroxyl groups excluding tert-OH is 1. The van der Waals surface area contributed by atoms with Crippen LogP contribution in [0.15, 0.2) is 66.9 Å². The summed E-state index contributed by atoms with van der Waals surface area (Å²) in [7, 11) is 0. The Morgan fingerprint density at radius 3 is 2.47 bits per heavy atom. The molecule has 2 aromatic carbocycles. The van der Waals surface area contributed by atoms with Crippen LogP contribution in [0.1, 0.15) is 49.0 Å². The van der Waals surface area contributed by atoms with Crippen molar-refractivity contribution in [2.24, 2.45) is 11.7 Å². The van der Waals surface area contributed by atoms with Gasteiger partial charge in [-0.3, -0.25) is 14.6 Å². The van der Waals surface area contributed by atoms with Crippen molar-refractivity contribution in [2.75, 3.05) is 0 Å². The number of rotatable bonds is 11. The summed E-state index contributed by atoms with van der Waals surface area (Å²) in [5.41, 5.74) is 6.17. The van der Waals surface area contributed by atoms with Crippen LogP contribution in [0.5, 0.6) is 0 Å². The Labute approximate surface area is 199 Å². The van der Waals surface area contributed by atoms with Crippen molar-refractivity contribution in [3.8, 4) is 0 Å². The molecule has 0 saturated heterocycles. The molecule has 4 N–H and O–H groups in total. The smallest absolute Gasteiger partial charge is 0.253 e. The highest BCUT2D eigenvalue weighted by atomic mass is 19.1. The zero-order valence-electron chi connectivity index (χ0n) is 19.6. The van der Waals surface area contributed by atoms with E-state index in [0.29, 0.717) is 12.0 Å². The third kappa shape index (κ3) is 7.35. The molecule has 2 amide bonds. The first-order valence-electron chi connectivity index (χ1n) is 11.5. The van der Waals surface area contributed by atoms with E-state index >= 15 is 0 Å². The van der Waals surface area contributed by atoms with Gasteiger partial charge in [-0.25, -0.2) is 4.39 Å². The zero-order valence-corrected chi connectivity index (χ0v) is 19.6. The number of para-hydroxylation sites is 1. The van der Waals surface area contributed by atoms with E-state index in [1.807, 2.05) is 54.6 Å². The normalized spacial score (nSPS) is 14.4. The van der Waals surface area contributed by atoms with Crippen LogP contribution < -0.4 is 11.1 Å². The summed E-state index contributed by atoms with van der Waals surface area (Å²) in [6, 6.07) is 18.0. The molecule has 6 nitrogen and oxygen atoms in total. The number of aliphatic hydroxyl groups is 1. The maximum atomic E-state index is 14.0. The number of carbonyl (C=O) groups is 2. The number of alkyl halides is 1. The van der Waals surface area contributed by atoms with E-state index < -0.39 is 29.6 Å². The lowest BCUT2D eigenvalue weighted by Gasteiger charge is -2.27. The molecular weight excluding hydrogens is 433 g/mol. The van der Waals surface area contributed by atoms with Gasteiger partial charge in [-0.2, -0.15) is 0 Å². The van der Waals surface area contributed by atoms with Crippen LogP contribution >= 0.6 is 0 Å². The predicted octanol–water partition coefficient (Wildman–Crippen LogP) is 3.96. The van der Waals surface area contributed by atoms with E-state index in [2.05, 4.69) is 10.3 Å². The third-order valence-electron chi connectivity index (χ3n) is 5.95. The maximum absolute atomic E-state index is 14.0. The van der Waals surface area contributed by atoms with Gasteiger partial charge >= 0.3 is 0 Å². The molecule has 3 aromatic rings. The molecule has 7 heteroatoms. The van der Waals surface area contributed by atoms with Crippen LogP contribution in [0.2, 0.25) is 0 Å². The average molecular weight is 466 g/mol. The molecule has 3 rings (SSSR count). The van der Waals surface area contributed by atoms with Crippen LogP contribution in [-0.4, -0.2) is 39.7 Å². The summed E-state index contributed by atoms with van der Waals surface area (Å²) in [5.74, 6) is -1.67. The number of hydrogen-bond acceptors (Lipinski definition) is 4. The summed E-state index contributed by atoms with van der Waals surface area (Å²) in [4.78, 5) is 29.4. The lowest BCUT2D eigenvalue weighted by molar-refractivity contribution is -0.123. The van der Waals surface area contributed by atoms with Crippen molar-refractivity contribution in [2.45, 2.75) is 57.3 Å². The van der Waals surface area contributed by atoms with Gasteiger partial charge < -0.3 is 16.2 Å². The highest BCUT2D eigenvalue weighted by Gasteiger charge is 2.29. The molecule has 1 heterocycles. The molecule has 0 bridgehead atoms. The fourth-order valence-corrected chi connectivity index (χ4v) is 3.95. The number of amides is 2. The second kappa shape index (κ2) is 11.2. The highest BCUT2D eigenvalue weighted by molar-refractivity contribution is 5.97. The molecule has 34 heavy (non-hydrogen) atoms. The molecule has 1 aromatic heterocycles. The third-order valence-corrected chi connectivity index (χ3v) is 5.95. The van der Waals surface area contributed by atoms with E-state index in [0.717, 1.165) is 16.5 Å². The lowest BCUT2D eigenvalue weighted by Crippen LogP contribution is -2.46. The van der Waals surface area contributed by atoms with Gasteiger partial charge in [0.1, 0.15) is 5.67 Å². The topological polar surface area (TPSA) is 105 Å². The summed E-state index contributed by atoms with van der Waals surface area (Å²) in [5, 5.41) is 14.8. The second-order valence-corrected chi connectivity index (χ2v) is 9.35. The molecule has 180 valence electrons. The fourth-order valence-electron chi connectivity index (χ4n) is 3.95. The summed E-state index contributed by atoms with van der Waals surface area (Å²) < 4.78 is 14.0. The van der Waals surface area contributed by atoms with Gasteiger partial charge in [0.05, 0.1) is 23.2 Å². The summed E-state index contributed by atoms with van der Waals surface area (Å²) in [6.07, 6.45) is 1.19. The van der Waals surface area contributed by atoms with Crippen LogP contribution in [0.3, 0.4) is 0 Å². The Bertz CT molecular complexity index is 1110. The number of nitrogens with zero attached hydrogens (tertiary/aromatic N) is 1. The lowest BCUT2D eigenvalue weighted by atomic mass is 9.88. The minimum atomic E-state index is -1.45. The SMILES string of the molecule is CC(C)(F)CC[C@H](C[C@H](O)[C@H](Cc1ccccc1)NC(=O)c1cnc2ccccc2c1)C(N)=O. The summed E-state index contributed by atoms with van der Waals surface area (Å²) in [6.45, 7) is 2.88. The van der Waals surface area contributed by atoms with Gasteiger partial charge in [-0.1, -0.05) is 48.5 Å². The van der Waals surface area contributed by atoms with Crippen LogP contribution in [-0.2, 0) is 11.2 Å². The van der Waals surface area contributed by atoms with Gasteiger partial charge in [-0.15, -0.1) is 0 Å². The zero-order chi connectivity index (χ0) is 24.7. The van der Waals surface area contributed by atoms with Crippen LogP contribution in [0.25, 0.3) is 10.9 Å². The molecule has 0 aliphatic rings. The number of primary amides is 1. The number of nitrogens with one attached hydrogen (secondary N) is 1. The van der Waals surface area contributed by atoms with E-state index in [4.69, 9.17) is 5.73 Å². The Hall–Kier alpha value is -3.32. The molecule has 0 unspecified atom stereocenters. The second-order valence-electron chi connectivity index (χ2n) is 9.35. The quantitative estimate of drug-likeness (QED) is 0.399. The Morgan fingerprint density at radius 2 is 1.79 bits per heavy atom. The van der Waals surface area contributed by atoms with Crippen molar-refractivity contribution in [3.05, 3.63) is 78.0 Å². The molecule has 0 aliphatic heterocycles.